The first-order chi connectivity index (χ1) is 8.98. The SMILES string of the molecule is CS(=O)(=O)c1ccccc1NCc1ccccc1Br. The summed E-state index contributed by atoms with van der Waals surface area (Å²) in [7, 11) is -3.22. The average molecular weight is 340 g/mol. The standard InChI is InChI=1S/C14H14BrNO2S/c1-19(17,18)14-9-5-4-8-13(14)16-10-11-6-2-3-7-12(11)15/h2-9,16H,10H2,1H3. The van der Waals surface area contributed by atoms with Gasteiger partial charge in [-0.1, -0.05) is 46.3 Å². The molecule has 0 spiro atoms. The molecule has 0 aliphatic rings. The molecule has 2 aromatic rings. The van der Waals surface area contributed by atoms with Crippen LogP contribution in [-0.4, -0.2) is 14.7 Å². The molecule has 3 nitrogen and oxygen atoms in total. The number of anilines is 1. The Morgan fingerprint density at radius 2 is 1.68 bits per heavy atom. The smallest absolute Gasteiger partial charge is 0.177 e. The first-order valence-electron chi connectivity index (χ1n) is 5.75. The fraction of sp³-hybridized carbons (Fsp3) is 0.143. The molecule has 0 radical (unpaired) electrons. The van der Waals surface area contributed by atoms with E-state index >= 15 is 0 Å². The minimum Gasteiger partial charge on any atom is -0.380 e. The van der Waals surface area contributed by atoms with Crippen molar-refractivity contribution in [2.75, 3.05) is 11.6 Å². The van der Waals surface area contributed by atoms with Crippen molar-refractivity contribution < 1.29 is 8.42 Å². The molecule has 1 N–H and O–H groups in total. The van der Waals surface area contributed by atoms with E-state index in [0.29, 0.717) is 17.1 Å². The Bertz CT molecular complexity index is 683. The van der Waals surface area contributed by atoms with Crippen LogP contribution in [0.1, 0.15) is 5.56 Å². The van der Waals surface area contributed by atoms with Gasteiger partial charge in [-0.3, -0.25) is 0 Å². The third kappa shape index (κ3) is 3.58. The van der Waals surface area contributed by atoms with Crippen LogP contribution >= 0.6 is 15.9 Å². The summed E-state index contributed by atoms with van der Waals surface area (Å²) >= 11 is 3.47. The number of rotatable bonds is 4. The molecule has 100 valence electrons. The maximum Gasteiger partial charge on any atom is 0.177 e. The lowest BCUT2D eigenvalue weighted by atomic mass is 10.2. The van der Waals surface area contributed by atoms with E-state index in [1.807, 2.05) is 30.3 Å². The number of hydrogen-bond acceptors (Lipinski definition) is 3. The van der Waals surface area contributed by atoms with Crippen molar-refractivity contribution in [1.82, 2.24) is 0 Å². The van der Waals surface area contributed by atoms with Crippen LogP contribution in [0.4, 0.5) is 5.69 Å². The van der Waals surface area contributed by atoms with Crippen molar-refractivity contribution in [2.45, 2.75) is 11.4 Å². The van der Waals surface area contributed by atoms with E-state index in [0.717, 1.165) is 10.0 Å². The third-order valence-electron chi connectivity index (χ3n) is 2.71. The molecule has 0 saturated heterocycles. The monoisotopic (exact) mass is 339 g/mol. The molecule has 0 aliphatic heterocycles. The molecular formula is C14H14BrNO2S. The van der Waals surface area contributed by atoms with Crippen molar-refractivity contribution in [3.63, 3.8) is 0 Å². The molecule has 0 amide bonds. The minimum absolute atomic E-state index is 0.321. The van der Waals surface area contributed by atoms with Gasteiger partial charge in [0.1, 0.15) is 0 Å². The van der Waals surface area contributed by atoms with Gasteiger partial charge in [-0.2, -0.15) is 0 Å². The number of benzene rings is 2. The Labute approximate surface area is 121 Å². The van der Waals surface area contributed by atoms with E-state index in [9.17, 15) is 8.42 Å². The van der Waals surface area contributed by atoms with E-state index in [1.54, 1.807) is 18.2 Å². The number of hydrogen-bond donors (Lipinski definition) is 1. The molecule has 0 atom stereocenters. The van der Waals surface area contributed by atoms with E-state index in [4.69, 9.17) is 0 Å². The predicted octanol–water partition coefficient (Wildman–Crippen LogP) is 3.46. The summed E-state index contributed by atoms with van der Waals surface area (Å²) in [6, 6.07) is 14.8. The first-order valence-corrected chi connectivity index (χ1v) is 8.43. The molecule has 0 heterocycles. The Hall–Kier alpha value is -1.33. The summed E-state index contributed by atoms with van der Waals surface area (Å²) < 4.78 is 24.4. The highest BCUT2D eigenvalue weighted by Crippen LogP contribution is 2.23. The highest BCUT2D eigenvalue weighted by atomic mass is 79.9. The van der Waals surface area contributed by atoms with E-state index in [2.05, 4.69) is 21.2 Å². The van der Waals surface area contributed by atoms with Gasteiger partial charge in [0.25, 0.3) is 0 Å². The Morgan fingerprint density at radius 3 is 2.37 bits per heavy atom. The maximum absolute atomic E-state index is 11.7. The molecule has 0 unspecified atom stereocenters. The van der Waals surface area contributed by atoms with Gasteiger partial charge in [0.15, 0.2) is 9.84 Å². The Kier molecular flexibility index (Phi) is 4.27. The zero-order valence-electron chi connectivity index (χ0n) is 10.4. The molecule has 2 aromatic carbocycles. The second-order valence-electron chi connectivity index (χ2n) is 4.21. The maximum atomic E-state index is 11.7. The van der Waals surface area contributed by atoms with Crippen LogP contribution in [0.2, 0.25) is 0 Å². The summed E-state index contributed by atoms with van der Waals surface area (Å²) in [5, 5.41) is 3.17. The molecule has 0 fully saturated rings. The topological polar surface area (TPSA) is 46.2 Å². The fourth-order valence-electron chi connectivity index (χ4n) is 1.77. The molecule has 19 heavy (non-hydrogen) atoms. The fourth-order valence-corrected chi connectivity index (χ4v) is 3.06. The lowest BCUT2D eigenvalue weighted by Gasteiger charge is -2.11. The Morgan fingerprint density at radius 1 is 1.05 bits per heavy atom. The van der Waals surface area contributed by atoms with Crippen LogP contribution in [0.5, 0.6) is 0 Å². The van der Waals surface area contributed by atoms with Crippen LogP contribution in [-0.2, 0) is 16.4 Å². The number of halogens is 1. The summed E-state index contributed by atoms with van der Waals surface area (Å²) in [6.07, 6.45) is 1.21. The van der Waals surface area contributed by atoms with Gasteiger partial charge in [0.05, 0.1) is 10.6 Å². The van der Waals surface area contributed by atoms with Gasteiger partial charge >= 0.3 is 0 Å². The second-order valence-corrected chi connectivity index (χ2v) is 7.05. The highest BCUT2D eigenvalue weighted by molar-refractivity contribution is 9.10. The minimum atomic E-state index is -3.22. The molecule has 2 rings (SSSR count). The highest BCUT2D eigenvalue weighted by Gasteiger charge is 2.12. The van der Waals surface area contributed by atoms with Crippen molar-refractivity contribution in [3.8, 4) is 0 Å². The lowest BCUT2D eigenvalue weighted by molar-refractivity contribution is 0.602. The quantitative estimate of drug-likeness (QED) is 0.927. The van der Waals surface area contributed by atoms with Crippen LogP contribution in [0.3, 0.4) is 0 Å². The van der Waals surface area contributed by atoms with E-state index in [1.165, 1.54) is 6.26 Å². The first kappa shape index (κ1) is 14.1. The van der Waals surface area contributed by atoms with Crippen molar-refractivity contribution in [1.29, 1.82) is 0 Å². The van der Waals surface area contributed by atoms with E-state index < -0.39 is 9.84 Å². The normalized spacial score (nSPS) is 11.3. The summed E-state index contributed by atoms with van der Waals surface area (Å²) in [5.74, 6) is 0. The predicted molar refractivity (Wildman–Crippen MR) is 81.0 cm³/mol. The summed E-state index contributed by atoms with van der Waals surface area (Å²) in [6.45, 7) is 0.563. The summed E-state index contributed by atoms with van der Waals surface area (Å²) in [4.78, 5) is 0.321. The number of nitrogens with one attached hydrogen (secondary N) is 1. The third-order valence-corrected chi connectivity index (χ3v) is 4.64. The van der Waals surface area contributed by atoms with Gasteiger partial charge in [-0.25, -0.2) is 8.42 Å². The Balaban J connectivity index is 2.24. The van der Waals surface area contributed by atoms with Gasteiger partial charge in [0, 0.05) is 17.3 Å². The van der Waals surface area contributed by atoms with Gasteiger partial charge < -0.3 is 5.32 Å². The number of sulfone groups is 1. The van der Waals surface area contributed by atoms with Gasteiger partial charge in [0.2, 0.25) is 0 Å². The molecule has 5 heteroatoms. The molecule has 0 aliphatic carbocycles. The molecule has 0 saturated carbocycles. The van der Waals surface area contributed by atoms with Crippen molar-refractivity contribution >= 4 is 31.5 Å². The lowest BCUT2D eigenvalue weighted by Crippen LogP contribution is -2.06. The molecule has 0 aromatic heterocycles. The van der Waals surface area contributed by atoms with Crippen LogP contribution in [0.25, 0.3) is 0 Å². The molecule has 0 bridgehead atoms. The van der Waals surface area contributed by atoms with Gasteiger partial charge in [-0.05, 0) is 23.8 Å². The van der Waals surface area contributed by atoms with Crippen LogP contribution < -0.4 is 5.32 Å². The van der Waals surface area contributed by atoms with Crippen molar-refractivity contribution in [3.05, 3.63) is 58.6 Å². The zero-order valence-corrected chi connectivity index (χ0v) is 12.8. The largest absolute Gasteiger partial charge is 0.380 e. The summed E-state index contributed by atoms with van der Waals surface area (Å²) in [5.41, 5.74) is 1.70. The second kappa shape index (κ2) is 5.75. The number of para-hydroxylation sites is 1. The van der Waals surface area contributed by atoms with Crippen LogP contribution in [0.15, 0.2) is 57.9 Å². The van der Waals surface area contributed by atoms with Crippen molar-refractivity contribution in [2.24, 2.45) is 0 Å². The van der Waals surface area contributed by atoms with Gasteiger partial charge in [-0.15, -0.1) is 0 Å². The van der Waals surface area contributed by atoms with E-state index in [-0.39, 0.29) is 0 Å². The zero-order chi connectivity index (χ0) is 13.9. The molecular weight excluding hydrogens is 326 g/mol. The average Bonchev–Trinajstić information content (AvgIpc) is 2.37. The van der Waals surface area contributed by atoms with Crippen LogP contribution in [0, 0.1) is 0 Å².